The van der Waals surface area contributed by atoms with Gasteiger partial charge in [-0.15, -0.1) is 0 Å². The van der Waals surface area contributed by atoms with Crippen molar-refractivity contribution >= 4 is 5.65 Å². The van der Waals surface area contributed by atoms with E-state index in [4.69, 9.17) is 4.98 Å². The van der Waals surface area contributed by atoms with Crippen LogP contribution in [0.1, 0.15) is 28.7 Å². The van der Waals surface area contributed by atoms with Crippen LogP contribution in [0.4, 0.5) is 0 Å². The SMILES string of the molecule is Cc1cccn2cc(CCN[C@@H](c3ccccc3)c3ncc[nH]3)nc12. The molecule has 25 heavy (non-hydrogen) atoms. The monoisotopic (exact) mass is 331 g/mol. The first-order valence-electron chi connectivity index (χ1n) is 8.52. The molecule has 0 aliphatic carbocycles. The van der Waals surface area contributed by atoms with E-state index < -0.39 is 0 Å². The van der Waals surface area contributed by atoms with E-state index in [0.717, 1.165) is 30.1 Å². The average Bonchev–Trinajstić information content (AvgIpc) is 3.30. The molecule has 0 fully saturated rings. The maximum Gasteiger partial charge on any atom is 0.139 e. The molecule has 3 heterocycles. The first kappa shape index (κ1) is 15.6. The van der Waals surface area contributed by atoms with Gasteiger partial charge in [-0.05, 0) is 24.1 Å². The Labute approximate surface area is 146 Å². The molecule has 0 bridgehead atoms. The molecule has 0 saturated carbocycles. The Hall–Kier alpha value is -2.92. The molecule has 5 heteroatoms. The van der Waals surface area contributed by atoms with Crippen molar-refractivity contribution in [2.24, 2.45) is 0 Å². The first-order valence-corrected chi connectivity index (χ1v) is 8.52. The highest BCUT2D eigenvalue weighted by Crippen LogP contribution is 2.18. The summed E-state index contributed by atoms with van der Waals surface area (Å²) in [7, 11) is 0. The lowest BCUT2D eigenvalue weighted by Crippen LogP contribution is -2.25. The number of aryl methyl sites for hydroxylation is 1. The summed E-state index contributed by atoms with van der Waals surface area (Å²) in [5.74, 6) is 0.928. The molecule has 0 aliphatic heterocycles. The molecule has 2 N–H and O–H groups in total. The molecule has 3 aromatic heterocycles. The fourth-order valence-corrected chi connectivity index (χ4v) is 3.12. The highest BCUT2D eigenvalue weighted by Gasteiger charge is 2.15. The van der Waals surface area contributed by atoms with Crippen molar-refractivity contribution in [3.05, 3.63) is 89.9 Å². The Balaban J connectivity index is 1.48. The Bertz CT molecular complexity index is 941. The lowest BCUT2D eigenvalue weighted by molar-refractivity contribution is 0.580. The van der Waals surface area contributed by atoms with Crippen LogP contribution >= 0.6 is 0 Å². The number of aromatic amines is 1. The zero-order chi connectivity index (χ0) is 17.1. The maximum absolute atomic E-state index is 4.74. The minimum Gasteiger partial charge on any atom is -0.347 e. The van der Waals surface area contributed by atoms with Crippen LogP contribution in [-0.4, -0.2) is 25.9 Å². The predicted octanol–water partition coefficient (Wildman–Crippen LogP) is 3.29. The van der Waals surface area contributed by atoms with Gasteiger partial charge in [-0.25, -0.2) is 9.97 Å². The Kier molecular flexibility index (Phi) is 4.31. The molecule has 1 aromatic carbocycles. The summed E-state index contributed by atoms with van der Waals surface area (Å²) in [5, 5.41) is 3.60. The number of nitrogens with zero attached hydrogens (tertiary/aromatic N) is 3. The third-order valence-corrected chi connectivity index (χ3v) is 4.38. The Morgan fingerprint density at radius 3 is 2.80 bits per heavy atom. The van der Waals surface area contributed by atoms with Crippen molar-refractivity contribution in [3.63, 3.8) is 0 Å². The van der Waals surface area contributed by atoms with Crippen LogP contribution in [0.2, 0.25) is 0 Å². The van der Waals surface area contributed by atoms with Crippen molar-refractivity contribution in [2.45, 2.75) is 19.4 Å². The van der Waals surface area contributed by atoms with Gasteiger partial charge in [0, 0.05) is 37.8 Å². The molecular weight excluding hydrogens is 310 g/mol. The maximum atomic E-state index is 4.74. The van der Waals surface area contributed by atoms with E-state index in [1.165, 1.54) is 11.1 Å². The second-order valence-corrected chi connectivity index (χ2v) is 6.18. The molecule has 0 radical (unpaired) electrons. The van der Waals surface area contributed by atoms with E-state index in [-0.39, 0.29) is 6.04 Å². The van der Waals surface area contributed by atoms with Crippen molar-refractivity contribution in [3.8, 4) is 0 Å². The summed E-state index contributed by atoms with van der Waals surface area (Å²) in [5.41, 5.74) is 4.51. The van der Waals surface area contributed by atoms with Gasteiger partial charge in [-0.2, -0.15) is 0 Å². The second kappa shape index (κ2) is 6.91. The second-order valence-electron chi connectivity index (χ2n) is 6.18. The number of aromatic nitrogens is 4. The molecule has 0 saturated heterocycles. The van der Waals surface area contributed by atoms with Crippen molar-refractivity contribution in [1.29, 1.82) is 0 Å². The van der Waals surface area contributed by atoms with Gasteiger partial charge in [0.1, 0.15) is 11.5 Å². The summed E-state index contributed by atoms with van der Waals surface area (Å²) >= 11 is 0. The molecule has 0 spiro atoms. The molecule has 4 rings (SSSR count). The van der Waals surface area contributed by atoms with Gasteiger partial charge < -0.3 is 14.7 Å². The number of benzene rings is 1. The van der Waals surface area contributed by atoms with Gasteiger partial charge in [0.05, 0.1) is 11.7 Å². The highest BCUT2D eigenvalue weighted by atomic mass is 15.0. The molecular formula is C20H21N5. The van der Waals surface area contributed by atoms with Gasteiger partial charge in [0.15, 0.2) is 0 Å². The standard InChI is InChI=1S/C20H21N5/c1-15-6-5-13-25-14-17(24-20(15)25)9-10-21-18(19-22-11-12-23-19)16-7-3-2-4-8-16/h2-8,11-14,18,21H,9-10H2,1H3,(H,22,23)/t18-/m0/s1. The highest BCUT2D eigenvalue weighted by molar-refractivity contribution is 5.47. The van der Waals surface area contributed by atoms with E-state index in [2.05, 4.69) is 63.1 Å². The summed E-state index contributed by atoms with van der Waals surface area (Å²) in [6.45, 7) is 2.91. The molecule has 0 unspecified atom stereocenters. The summed E-state index contributed by atoms with van der Waals surface area (Å²) in [4.78, 5) is 12.4. The summed E-state index contributed by atoms with van der Waals surface area (Å²) in [6.07, 6.45) is 8.66. The van der Waals surface area contributed by atoms with Crippen LogP contribution in [0.25, 0.3) is 5.65 Å². The van der Waals surface area contributed by atoms with Crippen molar-refractivity contribution in [1.82, 2.24) is 24.7 Å². The Morgan fingerprint density at radius 2 is 2.04 bits per heavy atom. The van der Waals surface area contributed by atoms with Crippen LogP contribution < -0.4 is 5.32 Å². The van der Waals surface area contributed by atoms with Crippen molar-refractivity contribution in [2.75, 3.05) is 6.54 Å². The van der Waals surface area contributed by atoms with Crippen LogP contribution in [0.15, 0.2) is 67.3 Å². The lowest BCUT2D eigenvalue weighted by Gasteiger charge is -2.16. The molecule has 0 aliphatic rings. The van der Waals surface area contributed by atoms with Gasteiger partial charge >= 0.3 is 0 Å². The zero-order valence-corrected chi connectivity index (χ0v) is 14.2. The lowest BCUT2D eigenvalue weighted by atomic mass is 10.1. The molecule has 4 aromatic rings. The number of imidazole rings is 2. The minimum absolute atomic E-state index is 0.0509. The van der Waals surface area contributed by atoms with E-state index in [0.29, 0.717) is 0 Å². The average molecular weight is 331 g/mol. The zero-order valence-electron chi connectivity index (χ0n) is 14.2. The van der Waals surface area contributed by atoms with Crippen LogP contribution in [0.3, 0.4) is 0 Å². The van der Waals surface area contributed by atoms with E-state index in [1.807, 2.05) is 24.5 Å². The molecule has 5 nitrogen and oxygen atoms in total. The van der Waals surface area contributed by atoms with Crippen LogP contribution in [-0.2, 0) is 6.42 Å². The topological polar surface area (TPSA) is 58.0 Å². The number of rotatable bonds is 6. The number of hydrogen-bond acceptors (Lipinski definition) is 3. The third-order valence-electron chi connectivity index (χ3n) is 4.38. The number of nitrogens with one attached hydrogen (secondary N) is 2. The van der Waals surface area contributed by atoms with Crippen LogP contribution in [0, 0.1) is 6.92 Å². The number of pyridine rings is 1. The Morgan fingerprint density at radius 1 is 1.16 bits per heavy atom. The van der Waals surface area contributed by atoms with Gasteiger partial charge in [-0.1, -0.05) is 36.4 Å². The quantitative estimate of drug-likeness (QED) is 0.570. The number of H-pyrrole nitrogens is 1. The molecule has 0 amide bonds. The fourth-order valence-electron chi connectivity index (χ4n) is 3.12. The molecule has 126 valence electrons. The van der Waals surface area contributed by atoms with Gasteiger partial charge in [0.2, 0.25) is 0 Å². The van der Waals surface area contributed by atoms with Crippen LogP contribution in [0.5, 0.6) is 0 Å². The summed E-state index contributed by atoms with van der Waals surface area (Å²) < 4.78 is 2.09. The van der Waals surface area contributed by atoms with Gasteiger partial charge in [0.25, 0.3) is 0 Å². The summed E-state index contributed by atoms with van der Waals surface area (Å²) in [6, 6.07) is 14.6. The van der Waals surface area contributed by atoms with E-state index >= 15 is 0 Å². The van der Waals surface area contributed by atoms with Crippen molar-refractivity contribution < 1.29 is 0 Å². The smallest absolute Gasteiger partial charge is 0.139 e. The van der Waals surface area contributed by atoms with E-state index in [1.54, 1.807) is 6.20 Å². The van der Waals surface area contributed by atoms with E-state index in [9.17, 15) is 0 Å². The largest absolute Gasteiger partial charge is 0.347 e. The number of hydrogen-bond donors (Lipinski definition) is 2. The third kappa shape index (κ3) is 3.32. The van der Waals surface area contributed by atoms with Gasteiger partial charge in [-0.3, -0.25) is 0 Å². The predicted molar refractivity (Wildman–Crippen MR) is 98.5 cm³/mol. The fraction of sp³-hybridized carbons (Fsp3) is 0.200. The minimum atomic E-state index is 0.0509. The number of fused-ring (bicyclic) bond motifs is 1. The normalized spacial score (nSPS) is 12.5. The first-order chi connectivity index (χ1) is 12.3. The molecule has 1 atom stereocenters.